The van der Waals surface area contributed by atoms with Crippen molar-refractivity contribution in [3.8, 4) is 11.4 Å². The van der Waals surface area contributed by atoms with Crippen molar-refractivity contribution in [2.75, 3.05) is 17.3 Å². The Morgan fingerprint density at radius 2 is 1.79 bits per heavy atom. The number of hydrogen-bond donors (Lipinski definition) is 2. The number of anilines is 2. The third-order valence-electron chi connectivity index (χ3n) is 7.89. The van der Waals surface area contributed by atoms with Gasteiger partial charge >= 0.3 is 0 Å². The summed E-state index contributed by atoms with van der Waals surface area (Å²) < 4.78 is 8.09. The lowest BCUT2D eigenvalue weighted by molar-refractivity contribution is -0.123. The van der Waals surface area contributed by atoms with E-state index in [9.17, 15) is 4.79 Å². The van der Waals surface area contributed by atoms with Crippen LogP contribution < -0.4 is 20.3 Å². The highest BCUT2D eigenvalue weighted by Gasteiger charge is 2.42. The summed E-state index contributed by atoms with van der Waals surface area (Å²) in [6, 6.07) is 20.2. The van der Waals surface area contributed by atoms with Crippen molar-refractivity contribution < 1.29 is 9.53 Å². The van der Waals surface area contributed by atoms with Gasteiger partial charge in [-0.2, -0.15) is 0 Å². The topological polar surface area (TPSA) is 71.4 Å². The second kappa shape index (κ2) is 11.2. The zero-order chi connectivity index (χ0) is 30.3. The second-order valence-corrected chi connectivity index (χ2v) is 12.4. The lowest BCUT2D eigenvalue weighted by Crippen LogP contribution is -2.30. The van der Waals surface area contributed by atoms with Crippen molar-refractivity contribution in [2.24, 2.45) is 5.41 Å². The molecule has 3 heterocycles. The summed E-state index contributed by atoms with van der Waals surface area (Å²) in [5.41, 5.74) is 8.89. The average molecular weight is 582 g/mol. The van der Waals surface area contributed by atoms with E-state index in [0.717, 1.165) is 28.3 Å². The zero-order valence-electron chi connectivity index (χ0n) is 25.6. The van der Waals surface area contributed by atoms with Gasteiger partial charge in [0.15, 0.2) is 5.11 Å². The maximum atomic E-state index is 12.7. The molecule has 0 spiro atoms. The minimum atomic E-state index is -0.538. The molecule has 0 unspecified atom stereocenters. The molecule has 1 aliphatic heterocycles. The Hall–Kier alpha value is -4.17. The van der Waals surface area contributed by atoms with Crippen LogP contribution in [0.5, 0.6) is 5.75 Å². The molecule has 0 bridgehead atoms. The highest BCUT2D eigenvalue weighted by Crippen LogP contribution is 2.45. The predicted octanol–water partition coefficient (Wildman–Crippen LogP) is 7.28. The van der Waals surface area contributed by atoms with Gasteiger partial charge in [0, 0.05) is 40.4 Å². The van der Waals surface area contributed by atoms with E-state index in [0.29, 0.717) is 16.5 Å². The summed E-state index contributed by atoms with van der Waals surface area (Å²) >= 11 is 5.99. The van der Waals surface area contributed by atoms with Gasteiger partial charge in [-0.1, -0.05) is 39.0 Å². The van der Waals surface area contributed by atoms with E-state index in [-0.39, 0.29) is 18.0 Å². The van der Waals surface area contributed by atoms with Crippen LogP contribution in [0.2, 0.25) is 0 Å². The SMILES string of the molecule is COc1cc(N2C(=S)N[C@H](c3ccccn3)[C@@H]2c2cc(C)n(-c3cc(C)ccc3C)c2C)ccc1NC(=O)C(C)(C)C. The van der Waals surface area contributed by atoms with Gasteiger partial charge in [0.25, 0.3) is 0 Å². The number of pyridine rings is 1. The van der Waals surface area contributed by atoms with Crippen LogP contribution in [0.3, 0.4) is 0 Å². The second-order valence-electron chi connectivity index (χ2n) is 12.0. The van der Waals surface area contributed by atoms with Crippen LogP contribution in [0.25, 0.3) is 5.69 Å². The molecule has 2 atom stereocenters. The first-order valence-corrected chi connectivity index (χ1v) is 14.6. The zero-order valence-corrected chi connectivity index (χ0v) is 26.4. The number of nitrogens with one attached hydrogen (secondary N) is 2. The van der Waals surface area contributed by atoms with Gasteiger partial charge in [-0.25, -0.2) is 0 Å². The Morgan fingerprint density at radius 3 is 2.45 bits per heavy atom. The molecule has 0 aliphatic carbocycles. The molecule has 2 aromatic heterocycles. The van der Waals surface area contributed by atoms with Crippen LogP contribution in [-0.4, -0.2) is 27.7 Å². The number of aromatic nitrogens is 2. The molecule has 1 saturated heterocycles. The monoisotopic (exact) mass is 581 g/mol. The summed E-state index contributed by atoms with van der Waals surface area (Å²) in [5, 5.41) is 7.17. The van der Waals surface area contributed by atoms with E-state index in [1.165, 1.54) is 16.8 Å². The van der Waals surface area contributed by atoms with Gasteiger partial charge < -0.3 is 24.8 Å². The number of rotatable bonds is 6. The number of thiocarbonyl (C=S) groups is 1. The van der Waals surface area contributed by atoms with Crippen LogP contribution in [0.1, 0.15) is 66.6 Å². The van der Waals surface area contributed by atoms with Crippen molar-refractivity contribution in [1.82, 2.24) is 14.9 Å². The van der Waals surface area contributed by atoms with Crippen molar-refractivity contribution in [3.05, 3.63) is 101 Å². The molecule has 7 nitrogen and oxygen atoms in total. The Bertz CT molecular complexity index is 1650. The quantitative estimate of drug-likeness (QED) is 0.233. The van der Waals surface area contributed by atoms with Crippen molar-refractivity contribution in [3.63, 3.8) is 0 Å². The number of carbonyl (C=O) groups is 1. The summed E-state index contributed by atoms with van der Waals surface area (Å²) in [6.45, 7) is 14.2. The fourth-order valence-corrected chi connectivity index (χ4v) is 5.96. The number of aryl methyl sites for hydroxylation is 3. The molecule has 2 N–H and O–H groups in total. The van der Waals surface area contributed by atoms with Gasteiger partial charge in [-0.15, -0.1) is 0 Å². The minimum absolute atomic E-state index is 0.0844. The highest BCUT2D eigenvalue weighted by atomic mass is 32.1. The summed E-state index contributed by atoms with van der Waals surface area (Å²) in [5.74, 6) is 0.479. The average Bonchev–Trinajstić information content (AvgIpc) is 3.44. The largest absolute Gasteiger partial charge is 0.494 e. The minimum Gasteiger partial charge on any atom is -0.494 e. The Morgan fingerprint density at radius 1 is 1.02 bits per heavy atom. The molecule has 5 rings (SSSR count). The number of nitrogens with zero attached hydrogens (tertiary/aromatic N) is 3. The van der Waals surface area contributed by atoms with Crippen LogP contribution in [-0.2, 0) is 4.79 Å². The molecule has 1 amide bonds. The number of amides is 1. The van der Waals surface area contributed by atoms with Gasteiger partial charge in [0.05, 0.1) is 30.6 Å². The maximum Gasteiger partial charge on any atom is 0.229 e. The van der Waals surface area contributed by atoms with Crippen molar-refractivity contribution in [2.45, 2.75) is 60.5 Å². The van der Waals surface area contributed by atoms with Gasteiger partial charge in [0.2, 0.25) is 5.91 Å². The Balaban J connectivity index is 1.64. The first kappa shape index (κ1) is 29.3. The number of benzene rings is 2. The number of methoxy groups -OCH3 is 1. The Labute approximate surface area is 253 Å². The van der Waals surface area contributed by atoms with E-state index >= 15 is 0 Å². The lowest BCUT2D eigenvalue weighted by atomic mass is 9.95. The normalized spacial score (nSPS) is 16.9. The fraction of sp³-hybridized carbons (Fsp3) is 0.324. The number of ether oxygens (including phenoxy) is 1. The third-order valence-corrected chi connectivity index (χ3v) is 8.20. The molecule has 1 fully saturated rings. The van der Waals surface area contributed by atoms with Crippen LogP contribution >= 0.6 is 12.2 Å². The van der Waals surface area contributed by atoms with Crippen LogP contribution in [0.15, 0.2) is 66.9 Å². The number of carbonyl (C=O) groups excluding carboxylic acids is 1. The molecule has 4 aromatic rings. The highest BCUT2D eigenvalue weighted by molar-refractivity contribution is 7.80. The van der Waals surface area contributed by atoms with E-state index in [2.05, 4.69) is 72.1 Å². The first-order valence-electron chi connectivity index (χ1n) is 14.2. The molecule has 8 heteroatoms. The molecule has 218 valence electrons. The molecule has 0 radical (unpaired) electrons. The van der Waals surface area contributed by atoms with E-state index in [4.69, 9.17) is 21.9 Å². The van der Waals surface area contributed by atoms with Gasteiger partial charge in [0.1, 0.15) is 5.75 Å². The third kappa shape index (κ3) is 5.39. The number of hydrogen-bond acceptors (Lipinski definition) is 4. The van der Waals surface area contributed by atoms with Crippen molar-refractivity contribution in [1.29, 1.82) is 0 Å². The fourth-order valence-electron chi connectivity index (χ4n) is 5.61. The van der Waals surface area contributed by atoms with E-state index in [1.54, 1.807) is 7.11 Å². The molecule has 1 aliphatic rings. The summed E-state index contributed by atoms with van der Waals surface area (Å²) in [6.07, 6.45) is 1.81. The van der Waals surface area contributed by atoms with E-state index in [1.807, 2.05) is 63.4 Å². The standard InChI is InChI=1S/C34H39N5O2S/c1-20-12-13-21(2)28(17-20)38-22(3)18-25(23(38)4)31-30(27-11-9-10-16-35-27)37-33(42)39(31)24-14-15-26(29(19-24)41-8)36-32(40)34(5,6)7/h9-19,30-31H,1-8H3,(H,36,40)(H,37,42)/t30-,31+/m1/s1. The van der Waals surface area contributed by atoms with Crippen molar-refractivity contribution >= 4 is 34.6 Å². The molecule has 2 aromatic carbocycles. The van der Waals surface area contributed by atoms with Gasteiger partial charge in [-0.3, -0.25) is 9.78 Å². The van der Waals surface area contributed by atoms with E-state index < -0.39 is 5.41 Å². The summed E-state index contributed by atoms with van der Waals surface area (Å²) in [7, 11) is 1.61. The maximum absolute atomic E-state index is 12.7. The lowest BCUT2D eigenvalue weighted by Gasteiger charge is -2.29. The first-order chi connectivity index (χ1) is 19.9. The van der Waals surface area contributed by atoms with Crippen LogP contribution in [0.4, 0.5) is 11.4 Å². The molecule has 42 heavy (non-hydrogen) atoms. The predicted molar refractivity (Wildman–Crippen MR) is 174 cm³/mol. The molecular formula is C34H39N5O2S. The van der Waals surface area contributed by atoms with Gasteiger partial charge in [-0.05, 0) is 93.0 Å². The Kier molecular flexibility index (Phi) is 7.86. The molecular weight excluding hydrogens is 542 g/mol. The smallest absolute Gasteiger partial charge is 0.229 e. The summed E-state index contributed by atoms with van der Waals surface area (Å²) in [4.78, 5) is 19.6. The van der Waals surface area contributed by atoms with Crippen LogP contribution in [0, 0.1) is 33.1 Å². The molecule has 0 saturated carbocycles.